The molecule has 122 valence electrons. The average molecular weight is 314 g/mol. The van der Waals surface area contributed by atoms with Crippen LogP contribution in [-0.4, -0.2) is 37.3 Å². The Balaban J connectivity index is 1.52. The molecule has 6 heteroatoms. The standard InChI is InChI=1S/C17H22N4O2/c1-14-5-4-6-15(13-14)23-12-11-21-17(22)20-10-9-19-16-7-2-3-8-18-16/h2-8,13H,9-12H2,1H3,(H,18,19)(H2,20,21,22). The fraction of sp³-hybridized carbons (Fsp3) is 0.294. The number of carbonyl (C=O) groups is 1. The van der Waals surface area contributed by atoms with Crippen LogP contribution in [0.15, 0.2) is 48.7 Å². The van der Waals surface area contributed by atoms with Crippen molar-refractivity contribution in [3.8, 4) is 5.75 Å². The summed E-state index contributed by atoms with van der Waals surface area (Å²) >= 11 is 0. The first-order chi connectivity index (χ1) is 11.2. The molecule has 1 heterocycles. The normalized spacial score (nSPS) is 9.96. The number of rotatable bonds is 8. The molecule has 0 radical (unpaired) electrons. The molecular weight excluding hydrogens is 292 g/mol. The zero-order valence-electron chi connectivity index (χ0n) is 13.2. The first kappa shape index (κ1) is 16.6. The SMILES string of the molecule is Cc1cccc(OCCNC(=O)NCCNc2ccccn2)c1. The van der Waals surface area contributed by atoms with Crippen LogP contribution < -0.4 is 20.7 Å². The van der Waals surface area contributed by atoms with Crippen molar-refractivity contribution < 1.29 is 9.53 Å². The first-order valence-corrected chi connectivity index (χ1v) is 7.60. The number of aryl methyl sites for hydroxylation is 1. The quantitative estimate of drug-likeness (QED) is 0.653. The molecule has 23 heavy (non-hydrogen) atoms. The van der Waals surface area contributed by atoms with E-state index in [9.17, 15) is 4.79 Å². The Morgan fingerprint density at radius 2 is 1.96 bits per heavy atom. The molecule has 1 aromatic heterocycles. The van der Waals surface area contributed by atoms with Gasteiger partial charge in [-0.15, -0.1) is 0 Å². The lowest BCUT2D eigenvalue weighted by atomic mass is 10.2. The highest BCUT2D eigenvalue weighted by Crippen LogP contribution is 2.11. The third-order valence-electron chi connectivity index (χ3n) is 3.03. The van der Waals surface area contributed by atoms with Crippen molar-refractivity contribution in [2.75, 3.05) is 31.6 Å². The molecule has 6 nitrogen and oxygen atoms in total. The number of nitrogens with zero attached hydrogens (tertiary/aromatic N) is 1. The van der Waals surface area contributed by atoms with E-state index in [0.717, 1.165) is 17.1 Å². The zero-order valence-corrected chi connectivity index (χ0v) is 13.2. The smallest absolute Gasteiger partial charge is 0.314 e. The molecule has 0 spiro atoms. The van der Waals surface area contributed by atoms with Crippen LogP contribution in [0.2, 0.25) is 0 Å². The number of urea groups is 1. The lowest BCUT2D eigenvalue weighted by molar-refractivity contribution is 0.237. The lowest BCUT2D eigenvalue weighted by Gasteiger charge is -2.10. The van der Waals surface area contributed by atoms with Crippen LogP contribution in [0, 0.1) is 6.92 Å². The lowest BCUT2D eigenvalue weighted by Crippen LogP contribution is -2.39. The molecule has 0 fully saturated rings. The van der Waals surface area contributed by atoms with Gasteiger partial charge in [-0.3, -0.25) is 0 Å². The molecule has 0 saturated heterocycles. The minimum absolute atomic E-state index is 0.208. The number of carbonyl (C=O) groups excluding carboxylic acids is 1. The Morgan fingerprint density at radius 1 is 1.09 bits per heavy atom. The predicted octanol–water partition coefficient (Wildman–Crippen LogP) is 2.18. The fourth-order valence-electron chi connectivity index (χ4n) is 1.94. The van der Waals surface area contributed by atoms with E-state index in [-0.39, 0.29) is 6.03 Å². The maximum absolute atomic E-state index is 11.6. The summed E-state index contributed by atoms with van der Waals surface area (Å²) in [5.74, 6) is 1.60. The highest BCUT2D eigenvalue weighted by atomic mass is 16.5. The minimum atomic E-state index is -0.208. The van der Waals surface area contributed by atoms with Gasteiger partial charge in [-0.1, -0.05) is 18.2 Å². The summed E-state index contributed by atoms with van der Waals surface area (Å²) in [5.41, 5.74) is 1.15. The van der Waals surface area contributed by atoms with E-state index in [4.69, 9.17) is 4.74 Å². The number of aromatic nitrogens is 1. The summed E-state index contributed by atoms with van der Waals surface area (Å²) in [6.07, 6.45) is 1.72. The van der Waals surface area contributed by atoms with E-state index in [1.54, 1.807) is 6.20 Å². The molecule has 2 amide bonds. The van der Waals surface area contributed by atoms with E-state index < -0.39 is 0 Å². The second kappa shape index (κ2) is 9.30. The number of amides is 2. The monoisotopic (exact) mass is 314 g/mol. The van der Waals surface area contributed by atoms with Crippen LogP contribution >= 0.6 is 0 Å². The molecule has 0 bridgehead atoms. The van der Waals surface area contributed by atoms with Gasteiger partial charge < -0.3 is 20.7 Å². The van der Waals surface area contributed by atoms with Crippen LogP contribution in [-0.2, 0) is 0 Å². The van der Waals surface area contributed by atoms with Gasteiger partial charge in [0.05, 0.1) is 6.54 Å². The van der Waals surface area contributed by atoms with Crippen molar-refractivity contribution in [2.45, 2.75) is 6.92 Å². The van der Waals surface area contributed by atoms with Crippen LogP contribution in [0.25, 0.3) is 0 Å². The number of nitrogens with one attached hydrogen (secondary N) is 3. The first-order valence-electron chi connectivity index (χ1n) is 7.60. The predicted molar refractivity (Wildman–Crippen MR) is 90.8 cm³/mol. The Morgan fingerprint density at radius 3 is 2.74 bits per heavy atom. The average Bonchev–Trinajstić information content (AvgIpc) is 2.57. The van der Waals surface area contributed by atoms with Crippen LogP contribution in [0.4, 0.5) is 10.6 Å². The van der Waals surface area contributed by atoms with Gasteiger partial charge in [0.15, 0.2) is 0 Å². The number of hydrogen-bond acceptors (Lipinski definition) is 4. The van der Waals surface area contributed by atoms with Crippen LogP contribution in [0.1, 0.15) is 5.56 Å². The van der Waals surface area contributed by atoms with Gasteiger partial charge in [-0.05, 0) is 36.8 Å². The van der Waals surface area contributed by atoms with Gasteiger partial charge in [0.1, 0.15) is 18.2 Å². The highest BCUT2D eigenvalue weighted by Gasteiger charge is 1.99. The summed E-state index contributed by atoms with van der Waals surface area (Å²) in [4.78, 5) is 15.7. The van der Waals surface area contributed by atoms with Crippen LogP contribution in [0.5, 0.6) is 5.75 Å². The van der Waals surface area contributed by atoms with Gasteiger partial charge in [0.2, 0.25) is 0 Å². The summed E-state index contributed by atoms with van der Waals surface area (Å²) < 4.78 is 5.56. The highest BCUT2D eigenvalue weighted by molar-refractivity contribution is 5.73. The maximum atomic E-state index is 11.6. The van der Waals surface area contributed by atoms with E-state index in [1.807, 2.05) is 49.4 Å². The molecule has 3 N–H and O–H groups in total. The summed E-state index contributed by atoms with van der Waals surface area (Å²) in [6, 6.07) is 13.2. The number of hydrogen-bond donors (Lipinski definition) is 3. The third-order valence-corrected chi connectivity index (χ3v) is 3.03. The second-order valence-electron chi connectivity index (χ2n) is 4.99. The number of ether oxygens (including phenoxy) is 1. The van der Waals surface area contributed by atoms with Crippen LogP contribution in [0.3, 0.4) is 0 Å². The third kappa shape index (κ3) is 6.69. The van der Waals surface area contributed by atoms with Crippen molar-refractivity contribution in [1.29, 1.82) is 0 Å². The zero-order chi connectivity index (χ0) is 16.3. The molecule has 2 aromatic rings. The molecule has 0 unspecified atom stereocenters. The molecule has 0 aliphatic rings. The molecule has 0 aliphatic carbocycles. The van der Waals surface area contributed by atoms with Gasteiger partial charge >= 0.3 is 6.03 Å². The van der Waals surface area contributed by atoms with Gasteiger partial charge in [-0.2, -0.15) is 0 Å². The number of anilines is 1. The van der Waals surface area contributed by atoms with Crippen molar-refractivity contribution in [3.63, 3.8) is 0 Å². The molecule has 0 aliphatic heterocycles. The Bertz CT molecular complexity index is 605. The summed E-state index contributed by atoms with van der Waals surface area (Å²) in [5, 5.41) is 8.63. The second-order valence-corrected chi connectivity index (χ2v) is 4.99. The van der Waals surface area contributed by atoms with Gasteiger partial charge in [-0.25, -0.2) is 9.78 Å². The van der Waals surface area contributed by atoms with Gasteiger partial charge in [0.25, 0.3) is 0 Å². The van der Waals surface area contributed by atoms with E-state index in [1.165, 1.54) is 0 Å². The maximum Gasteiger partial charge on any atom is 0.314 e. The topological polar surface area (TPSA) is 75.3 Å². The number of benzene rings is 1. The Hall–Kier alpha value is -2.76. The van der Waals surface area contributed by atoms with Crippen molar-refractivity contribution >= 4 is 11.8 Å². The molecular formula is C17H22N4O2. The number of pyridine rings is 1. The fourth-order valence-corrected chi connectivity index (χ4v) is 1.94. The molecule has 1 aromatic carbocycles. The molecule has 0 atom stereocenters. The Labute approximate surface area is 136 Å². The molecule has 2 rings (SSSR count). The summed E-state index contributed by atoms with van der Waals surface area (Å²) in [7, 11) is 0. The summed E-state index contributed by atoms with van der Waals surface area (Å²) in [6.45, 7) is 4.03. The van der Waals surface area contributed by atoms with E-state index >= 15 is 0 Å². The van der Waals surface area contributed by atoms with Crippen molar-refractivity contribution in [3.05, 3.63) is 54.2 Å². The van der Waals surface area contributed by atoms with Gasteiger partial charge in [0, 0.05) is 19.3 Å². The minimum Gasteiger partial charge on any atom is -0.492 e. The largest absolute Gasteiger partial charge is 0.492 e. The molecule has 0 saturated carbocycles. The van der Waals surface area contributed by atoms with E-state index in [2.05, 4.69) is 20.9 Å². The Kier molecular flexibility index (Phi) is 6.71. The van der Waals surface area contributed by atoms with Crippen molar-refractivity contribution in [1.82, 2.24) is 15.6 Å². The van der Waals surface area contributed by atoms with Crippen molar-refractivity contribution in [2.24, 2.45) is 0 Å². The van der Waals surface area contributed by atoms with E-state index in [0.29, 0.717) is 26.2 Å².